The van der Waals surface area contributed by atoms with Crippen LogP contribution in [0.3, 0.4) is 0 Å². The molecule has 1 aromatic carbocycles. The first kappa shape index (κ1) is 16.3. The first-order valence-corrected chi connectivity index (χ1v) is 8.72. The number of hydrogen-bond donors (Lipinski definition) is 1. The fraction of sp³-hybridized carbons (Fsp3) is 0.312. The maximum Gasteiger partial charge on any atom is 0.221 e. The van der Waals surface area contributed by atoms with E-state index in [9.17, 15) is 13.2 Å². The van der Waals surface area contributed by atoms with E-state index < -0.39 is 9.84 Å². The molecule has 1 N–H and O–H groups in total. The summed E-state index contributed by atoms with van der Waals surface area (Å²) >= 11 is 0. The Kier molecular flexibility index (Phi) is 5.38. The van der Waals surface area contributed by atoms with Crippen LogP contribution in [0.2, 0.25) is 0 Å². The zero-order valence-corrected chi connectivity index (χ0v) is 13.2. The van der Waals surface area contributed by atoms with E-state index in [2.05, 4.69) is 5.32 Å². The molecule has 0 fully saturated rings. The molecular weight excluding hydrogens is 302 g/mol. The van der Waals surface area contributed by atoms with Gasteiger partial charge in [0.05, 0.1) is 16.9 Å². The highest BCUT2D eigenvalue weighted by atomic mass is 32.2. The zero-order chi connectivity index (χ0) is 16.0. The molecule has 0 bridgehead atoms. The normalized spacial score (nSPS) is 12.8. The number of nitrogens with one attached hydrogen (secondary N) is 1. The number of furan rings is 1. The Morgan fingerprint density at radius 1 is 1.18 bits per heavy atom. The lowest BCUT2D eigenvalue weighted by atomic mass is 10.2. The van der Waals surface area contributed by atoms with Crippen LogP contribution in [0.15, 0.2) is 58.0 Å². The number of sulfone groups is 1. The first-order valence-electron chi connectivity index (χ1n) is 7.07. The summed E-state index contributed by atoms with van der Waals surface area (Å²) < 4.78 is 29.4. The Morgan fingerprint density at radius 2 is 1.91 bits per heavy atom. The van der Waals surface area contributed by atoms with Gasteiger partial charge in [-0.3, -0.25) is 4.79 Å². The van der Waals surface area contributed by atoms with Crippen molar-refractivity contribution in [1.29, 1.82) is 0 Å². The van der Waals surface area contributed by atoms with Gasteiger partial charge in [-0.2, -0.15) is 0 Å². The number of rotatable bonds is 7. The van der Waals surface area contributed by atoms with Crippen LogP contribution in [0.25, 0.3) is 0 Å². The fourth-order valence-electron chi connectivity index (χ4n) is 2.10. The third-order valence-electron chi connectivity index (χ3n) is 3.20. The van der Waals surface area contributed by atoms with Gasteiger partial charge in [0.25, 0.3) is 0 Å². The van der Waals surface area contributed by atoms with Gasteiger partial charge in [0.2, 0.25) is 5.91 Å². The summed E-state index contributed by atoms with van der Waals surface area (Å²) in [4.78, 5) is 12.1. The highest BCUT2D eigenvalue weighted by molar-refractivity contribution is 7.91. The minimum atomic E-state index is -3.42. The molecule has 0 aliphatic carbocycles. The molecule has 6 heteroatoms. The number of carbonyl (C=O) groups is 1. The monoisotopic (exact) mass is 321 g/mol. The Labute approximate surface area is 130 Å². The molecule has 1 amide bonds. The summed E-state index contributed by atoms with van der Waals surface area (Å²) in [5, 5.41) is 2.78. The smallest absolute Gasteiger partial charge is 0.221 e. The Hall–Kier alpha value is -2.08. The predicted molar refractivity (Wildman–Crippen MR) is 83.1 cm³/mol. The van der Waals surface area contributed by atoms with E-state index in [1.165, 1.54) is 12.1 Å². The molecule has 1 heterocycles. The molecule has 22 heavy (non-hydrogen) atoms. The molecule has 2 aromatic rings. The van der Waals surface area contributed by atoms with Gasteiger partial charge in [-0.05, 0) is 31.2 Å². The molecule has 1 aromatic heterocycles. The molecule has 2 rings (SSSR count). The Balaban J connectivity index is 1.82. The minimum Gasteiger partial charge on any atom is -0.469 e. The summed E-state index contributed by atoms with van der Waals surface area (Å²) in [6.07, 6.45) is 2.10. The fourth-order valence-corrected chi connectivity index (χ4v) is 3.36. The van der Waals surface area contributed by atoms with Crippen molar-refractivity contribution in [2.75, 3.05) is 5.75 Å². The highest BCUT2D eigenvalue weighted by Crippen LogP contribution is 2.11. The summed E-state index contributed by atoms with van der Waals surface area (Å²) in [5.74, 6) is 0.305. The predicted octanol–water partition coefficient (Wildman–Crippen LogP) is 2.19. The second-order valence-corrected chi connectivity index (χ2v) is 7.24. The average molecular weight is 321 g/mol. The van der Waals surface area contributed by atoms with Crippen LogP contribution in [0.4, 0.5) is 0 Å². The van der Waals surface area contributed by atoms with Crippen LogP contribution >= 0.6 is 0 Å². The van der Waals surface area contributed by atoms with Gasteiger partial charge in [-0.25, -0.2) is 8.42 Å². The van der Waals surface area contributed by atoms with Gasteiger partial charge in [-0.15, -0.1) is 0 Å². The molecule has 1 atom stereocenters. The van der Waals surface area contributed by atoms with Gasteiger partial charge < -0.3 is 9.73 Å². The molecule has 0 unspecified atom stereocenters. The first-order chi connectivity index (χ1) is 10.5. The van der Waals surface area contributed by atoms with Gasteiger partial charge in [-0.1, -0.05) is 18.2 Å². The summed E-state index contributed by atoms with van der Waals surface area (Å²) in [6, 6.07) is 11.7. The summed E-state index contributed by atoms with van der Waals surface area (Å²) in [6.45, 7) is 1.85. The average Bonchev–Trinajstić information content (AvgIpc) is 2.99. The van der Waals surface area contributed by atoms with E-state index in [1.54, 1.807) is 30.5 Å². The third-order valence-corrected chi connectivity index (χ3v) is 4.93. The van der Waals surface area contributed by atoms with E-state index in [4.69, 9.17) is 4.42 Å². The lowest BCUT2D eigenvalue weighted by molar-refractivity contribution is -0.121. The number of amides is 1. The molecule has 118 valence electrons. The van der Waals surface area contributed by atoms with Crippen molar-refractivity contribution >= 4 is 15.7 Å². The second kappa shape index (κ2) is 7.26. The van der Waals surface area contributed by atoms with Crippen LogP contribution in [0, 0.1) is 0 Å². The quantitative estimate of drug-likeness (QED) is 0.848. The standard InChI is InChI=1S/C16H19NO4S/c1-13(12-14-6-5-10-21-14)17-16(18)9-11-22(19,20)15-7-3-2-4-8-15/h2-8,10,13H,9,11-12H2,1H3,(H,17,18)/t13-/m0/s1. The van der Waals surface area contributed by atoms with E-state index >= 15 is 0 Å². The second-order valence-electron chi connectivity index (χ2n) is 5.13. The van der Waals surface area contributed by atoms with Gasteiger partial charge >= 0.3 is 0 Å². The van der Waals surface area contributed by atoms with Gasteiger partial charge in [0, 0.05) is 18.9 Å². The number of carbonyl (C=O) groups excluding carboxylic acids is 1. The Bertz CT molecular complexity index is 693. The molecule has 5 nitrogen and oxygen atoms in total. The maximum atomic E-state index is 12.1. The summed E-state index contributed by atoms with van der Waals surface area (Å²) in [7, 11) is -3.42. The molecule has 0 aliphatic rings. The van der Waals surface area contributed by atoms with Crippen molar-refractivity contribution in [2.24, 2.45) is 0 Å². The van der Waals surface area contributed by atoms with Crippen molar-refractivity contribution in [3.05, 3.63) is 54.5 Å². The van der Waals surface area contributed by atoms with Crippen molar-refractivity contribution in [3.63, 3.8) is 0 Å². The number of hydrogen-bond acceptors (Lipinski definition) is 4. The third kappa shape index (κ3) is 4.73. The molecule has 0 saturated heterocycles. The van der Waals surface area contributed by atoms with E-state index in [-0.39, 0.29) is 29.0 Å². The lowest BCUT2D eigenvalue weighted by Gasteiger charge is -2.12. The largest absolute Gasteiger partial charge is 0.469 e. The topological polar surface area (TPSA) is 76.4 Å². The lowest BCUT2D eigenvalue weighted by Crippen LogP contribution is -2.34. The maximum absolute atomic E-state index is 12.1. The van der Waals surface area contributed by atoms with Crippen LogP contribution < -0.4 is 5.32 Å². The van der Waals surface area contributed by atoms with Crippen molar-refractivity contribution in [3.8, 4) is 0 Å². The minimum absolute atomic E-state index is 0.0558. The van der Waals surface area contributed by atoms with Crippen LogP contribution in [0.1, 0.15) is 19.1 Å². The van der Waals surface area contributed by atoms with Crippen molar-refractivity contribution < 1.29 is 17.6 Å². The van der Waals surface area contributed by atoms with Gasteiger partial charge in [0.1, 0.15) is 5.76 Å². The van der Waals surface area contributed by atoms with Crippen LogP contribution in [-0.2, 0) is 21.1 Å². The van der Waals surface area contributed by atoms with Crippen LogP contribution in [-0.4, -0.2) is 26.1 Å². The van der Waals surface area contributed by atoms with Crippen LogP contribution in [0.5, 0.6) is 0 Å². The molecular formula is C16H19NO4S. The molecule has 0 spiro atoms. The van der Waals surface area contributed by atoms with Gasteiger partial charge in [0.15, 0.2) is 9.84 Å². The van der Waals surface area contributed by atoms with E-state index in [1.807, 2.05) is 13.0 Å². The Morgan fingerprint density at radius 3 is 2.55 bits per heavy atom. The number of benzene rings is 1. The molecule has 0 aliphatic heterocycles. The van der Waals surface area contributed by atoms with Crippen molar-refractivity contribution in [1.82, 2.24) is 5.32 Å². The van der Waals surface area contributed by atoms with Crippen molar-refractivity contribution in [2.45, 2.75) is 30.7 Å². The van der Waals surface area contributed by atoms with E-state index in [0.717, 1.165) is 5.76 Å². The zero-order valence-electron chi connectivity index (χ0n) is 12.4. The summed E-state index contributed by atoms with van der Waals surface area (Å²) in [5.41, 5.74) is 0. The van der Waals surface area contributed by atoms with E-state index in [0.29, 0.717) is 6.42 Å². The SMILES string of the molecule is C[C@@H](Cc1ccco1)NC(=O)CCS(=O)(=O)c1ccccc1. The highest BCUT2D eigenvalue weighted by Gasteiger charge is 2.17. The molecule has 0 radical (unpaired) electrons. The molecule has 0 saturated carbocycles.